The van der Waals surface area contributed by atoms with E-state index in [1.165, 1.54) is 167 Å². The summed E-state index contributed by atoms with van der Waals surface area (Å²) >= 11 is 0. The monoisotopic (exact) mass is 949 g/mol. The van der Waals surface area contributed by atoms with Gasteiger partial charge in [0.25, 0.3) is 0 Å². The summed E-state index contributed by atoms with van der Waals surface area (Å²) in [4.78, 5) is 25.5. The van der Waals surface area contributed by atoms with Crippen LogP contribution < -0.4 is 0 Å². The Morgan fingerprint density at radius 1 is 0.338 bits per heavy atom. The van der Waals surface area contributed by atoms with Crippen molar-refractivity contribution in [2.45, 2.75) is 297 Å². The SMILES string of the molecule is CC/C=C\C/C=C\C/C=C\C/C=C\CCCCCCC(=O)OCC(COCCCCCCCCCC/C=C\C/C=C\CCCCC)OC(=O)CCCCCCCCCCCCCCCCCCC. The van der Waals surface area contributed by atoms with E-state index in [-0.39, 0.29) is 25.2 Å². The summed E-state index contributed by atoms with van der Waals surface area (Å²) in [6.07, 6.45) is 76.4. The molecule has 0 amide bonds. The average Bonchev–Trinajstić information content (AvgIpc) is 3.34. The summed E-state index contributed by atoms with van der Waals surface area (Å²) in [5, 5.41) is 0. The Balaban J connectivity index is 4.31. The molecule has 0 aromatic heterocycles. The summed E-state index contributed by atoms with van der Waals surface area (Å²) in [5.74, 6) is -0.416. The van der Waals surface area contributed by atoms with Crippen molar-refractivity contribution >= 4 is 11.9 Å². The summed E-state index contributed by atoms with van der Waals surface area (Å²) < 4.78 is 17.5. The Morgan fingerprint density at radius 3 is 1.09 bits per heavy atom. The van der Waals surface area contributed by atoms with Crippen LogP contribution in [0.15, 0.2) is 72.9 Å². The third-order valence-electron chi connectivity index (χ3n) is 12.7. The van der Waals surface area contributed by atoms with Crippen LogP contribution in [-0.4, -0.2) is 37.9 Å². The minimum Gasteiger partial charge on any atom is -0.462 e. The molecular formula is C63H112O5. The van der Waals surface area contributed by atoms with Gasteiger partial charge in [0.1, 0.15) is 6.61 Å². The van der Waals surface area contributed by atoms with Crippen LogP contribution in [-0.2, 0) is 23.8 Å². The lowest BCUT2D eigenvalue weighted by atomic mass is 10.0. The van der Waals surface area contributed by atoms with Gasteiger partial charge in [0.15, 0.2) is 6.10 Å². The molecule has 0 heterocycles. The molecule has 0 spiro atoms. The third kappa shape index (κ3) is 55.9. The Morgan fingerprint density at radius 2 is 0.662 bits per heavy atom. The van der Waals surface area contributed by atoms with Gasteiger partial charge in [-0.25, -0.2) is 0 Å². The predicted octanol–water partition coefficient (Wildman–Crippen LogP) is 20.2. The van der Waals surface area contributed by atoms with E-state index in [2.05, 4.69) is 93.7 Å². The second-order valence-electron chi connectivity index (χ2n) is 19.5. The maximum Gasteiger partial charge on any atom is 0.306 e. The largest absolute Gasteiger partial charge is 0.462 e. The molecule has 0 aliphatic carbocycles. The van der Waals surface area contributed by atoms with Gasteiger partial charge in [-0.15, -0.1) is 0 Å². The molecule has 0 saturated carbocycles. The minimum atomic E-state index is -0.551. The number of unbranched alkanes of at least 4 members (excludes halogenated alkanes) is 31. The number of rotatable bonds is 54. The maximum atomic E-state index is 12.9. The van der Waals surface area contributed by atoms with Gasteiger partial charge in [0.2, 0.25) is 0 Å². The smallest absolute Gasteiger partial charge is 0.306 e. The van der Waals surface area contributed by atoms with Gasteiger partial charge in [-0.3, -0.25) is 9.59 Å². The van der Waals surface area contributed by atoms with E-state index in [9.17, 15) is 9.59 Å². The van der Waals surface area contributed by atoms with Crippen molar-refractivity contribution in [3.05, 3.63) is 72.9 Å². The van der Waals surface area contributed by atoms with Crippen LogP contribution in [0.4, 0.5) is 0 Å². The fraction of sp³-hybridized carbons (Fsp3) is 0.778. The topological polar surface area (TPSA) is 61.8 Å². The zero-order chi connectivity index (χ0) is 49.2. The number of allylic oxidation sites excluding steroid dienone is 12. The van der Waals surface area contributed by atoms with Crippen LogP contribution in [0.2, 0.25) is 0 Å². The Labute approximate surface area is 423 Å². The molecule has 0 N–H and O–H groups in total. The molecule has 5 nitrogen and oxygen atoms in total. The normalized spacial score (nSPS) is 12.7. The number of carbonyl (C=O) groups excluding carboxylic acids is 2. The summed E-state index contributed by atoms with van der Waals surface area (Å²) in [7, 11) is 0. The molecular weight excluding hydrogens is 837 g/mol. The van der Waals surface area contributed by atoms with Crippen LogP contribution in [0.25, 0.3) is 0 Å². The third-order valence-corrected chi connectivity index (χ3v) is 12.7. The highest BCUT2D eigenvalue weighted by Crippen LogP contribution is 2.16. The number of ether oxygens (including phenoxy) is 3. The van der Waals surface area contributed by atoms with Gasteiger partial charge in [-0.1, -0.05) is 261 Å². The first kappa shape index (κ1) is 65.3. The van der Waals surface area contributed by atoms with Crippen molar-refractivity contribution in [1.82, 2.24) is 0 Å². The lowest BCUT2D eigenvalue weighted by molar-refractivity contribution is -0.163. The molecule has 0 aliphatic heterocycles. The first-order valence-corrected chi connectivity index (χ1v) is 29.5. The molecule has 5 heteroatoms. The van der Waals surface area contributed by atoms with Crippen LogP contribution in [0.3, 0.4) is 0 Å². The molecule has 0 fully saturated rings. The maximum absolute atomic E-state index is 12.9. The average molecular weight is 950 g/mol. The Hall–Kier alpha value is -2.66. The van der Waals surface area contributed by atoms with Crippen LogP contribution in [0.1, 0.15) is 290 Å². The summed E-state index contributed by atoms with van der Waals surface area (Å²) in [6.45, 7) is 7.69. The van der Waals surface area contributed by atoms with Crippen molar-refractivity contribution in [1.29, 1.82) is 0 Å². The number of hydrogen-bond donors (Lipinski definition) is 0. The highest BCUT2D eigenvalue weighted by molar-refractivity contribution is 5.70. The molecule has 0 bridgehead atoms. The number of hydrogen-bond acceptors (Lipinski definition) is 5. The van der Waals surface area contributed by atoms with Crippen LogP contribution in [0.5, 0.6) is 0 Å². The van der Waals surface area contributed by atoms with Gasteiger partial charge in [-0.2, -0.15) is 0 Å². The van der Waals surface area contributed by atoms with E-state index >= 15 is 0 Å². The van der Waals surface area contributed by atoms with Gasteiger partial charge < -0.3 is 14.2 Å². The molecule has 0 aromatic carbocycles. The highest BCUT2D eigenvalue weighted by Gasteiger charge is 2.17. The Kier molecular flexibility index (Phi) is 56.4. The van der Waals surface area contributed by atoms with Gasteiger partial charge in [0, 0.05) is 19.4 Å². The molecule has 0 aliphatic rings. The van der Waals surface area contributed by atoms with Crippen molar-refractivity contribution < 1.29 is 23.8 Å². The molecule has 0 rings (SSSR count). The molecule has 0 radical (unpaired) electrons. The van der Waals surface area contributed by atoms with Crippen molar-refractivity contribution in [3.63, 3.8) is 0 Å². The van der Waals surface area contributed by atoms with Crippen LogP contribution >= 0.6 is 0 Å². The second-order valence-corrected chi connectivity index (χ2v) is 19.5. The number of carbonyl (C=O) groups is 2. The molecule has 0 aromatic rings. The van der Waals surface area contributed by atoms with E-state index in [0.717, 1.165) is 89.9 Å². The van der Waals surface area contributed by atoms with E-state index in [0.29, 0.717) is 19.4 Å². The zero-order valence-electron chi connectivity index (χ0n) is 45.4. The fourth-order valence-corrected chi connectivity index (χ4v) is 8.36. The van der Waals surface area contributed by atoms with Gasteiger partial charge >= 0.3 is 11.9 Å². The molecule has 1 atom stereocenters. The molecule has 0 saturated heterocycles. The predicted molar refractivity (Wildman–Crippen MR) is 297 cm³/mol. The zero-order valence-corrected chi connectivity index (χ0v) is 45.4. The van der Waals surface area contributed by atoms with E-state index in [1.807, 2.05) is 0 Å². The first-order valence-electron chi connectivity index (χ1n) is 29.5. The lowest BCUT2D eigenvalue weighted by Crippen LogP contribution is -2.30. The summed E-state index contributed by atoms with van der Waals surface area (Å²) in [5.41, 5.74) is 0. The summed E-state index contributed by atoms with van der Waals surface area (Å²) in [6, 6.07) is 0. The number of esters is 2. The Bertz CT molecular complexity index is 1210. The van der Waals surface area contributed by atoms with Crippen molar-refractivity contribution in [2.75, 3.05) is 19.8 Å². The van der Waals surface area contributed by atoms with Gasteiger partial charge in [-0.05, 0) is 89.9 Å². The molecule has 394 valence electrons. The highest BCUT2D eigenvalue weighted by atomic mass is 16.6. The van der Waals surface area contributed by atoms with E-state index in [4.69, 9.17) is 14.2 Å². The molecule has 1 unspecified atom stereocenters. The van der Waals surface area contributed by atoms with Crippen LogP contribution in [0, 0.1) is 0 Å². The first-order chi connectivity index (χ1) is 33.6. The quantitative estimate of drug-likeness (QED) is 0.0345. The van der Waals surface area contributed by atoms with E-state index < -0.39 is 6.10 Å². The minimum absolute atomic E-state index is 0.0708. The fourth-order valence-electron chi connectivity index (χ4n) is 8.36. The van der Waals surface area contributed by atoms with Crippen molar-refractivity contribution in [3.8, 4) is 0 Å². The van der Waals surface area contributed by atoms with Crippen molar-refractivity contribution in [2.24, 2.45) is 0 Å². The second kappa shape index (κ2) is 58.7. The standard InChI is InChI=1S/C63H112O5/c1-4-7-10-13-16-19-22-25-28-31-34-37-40-43-46-49-52-55-58-66-59-61(68-63(65)57-54-51-48-45-42-39-36-33-30-27-24-21-18-15-12-9-6-3)60-67-62(64)56-53-50-47-44-41-38-35-32-29-26-23-20-17-14-11-8-5-2/h8,11,16-17,19-20,25-26,28-29,35,38,61H,4-7,9-10,12-15,18,21-24,27,30-34,36-37,39-60H2,1-3H3/b11-8-,19-16-,20-17-,28-25-,29-26-,38-35-. The lowest BCUT2D eigenvalue weighted by Gasteiger charge is -2.18. The molecule has 68 heavy (non-hydrogen) atoms. The van der Waals surface area contributed by atoms with E-state index in [1.54, 1.807) is 0 Å². The van der Waals surface area contributed by atoms with Gasteiger partial charge in [0.05, 0.1) is 6.61 Å².